The van der Waals surface area contributed by atoms with Crippen LogP contribution < -0.4 is 9.47 Å². The first kappa shape index (κ1) is 36.0. The van der Waals surface area contributed by atoms with Crippen LogP contribution in [0.2, 0.25) is 0 Å². The summed E-state index contributed by atoms with van der Waals surface area (Å²) in [7, 11) is 0. The van der Waals surface area contributed by atoms with Crippen molar-refractivity contribution >= 4 is 11.9 Å². The van der Waals surface area contributed by atoms with Gasteiger partial charge in [-0.3, -0.25) is 22.7 Å². The molecule has 0 bridgehead atoms. The average Bonchev–Trinajstić information content (AvgIpc) is 3.47. The Kier molecular flexibility index (Phi) is 13.6. The van der Waals surface area contributed by atoms with Gasteiger partial charge in [0, 0.05) is 78.1 Å². The van der Waals surface area contributed by atoms with E-state index in [-0.39, 0.29) is 87.4 Å². The molecular weight excluding hydrogens is 636 g/mol. The summed E-state index contributed by atoms with van der Waals surface area (Å²) in [6.45, 7) is 19.9. The van der Waals surface area contributed by atoms with Gasteiger partial charge in [0.15, 0.2) is 11.5 Å². The number of fused-ring (bicyclic) bond motifs is 2. The van der Waals surface area contributed by atoms with E-state index in [0.717, 1.165) is 29.2 Å². The Morgan fingerprint density at radius 3 is 1.77 bits per heavy atom. The Balaban J connectivity index is 0.000000287. The van der Waals surface area contributed by atoms with Crippen LogP contribution in [-0.4, -0.2) is 18.1 Å². The zero-order valence-corrected chi connectivity index (χ0v) is 30.7. The van der Waals surface area contributed by atoms with Crippen molar-refractivity contribution in [1.29, 1.82) is 0 Å². The van der Waals surface area contributed by atoms with Crippen LogP contribution in [-0.2, 0) is 88.1 Å². The van der Waals surface area contributed by atoms with Gasteiger partial charge in [-0.15, -0.1) is 11.2 Å². The van der Waals surface area contributed by atoms with Crippen molar-refractivity contribution in [1.82, 2.24) is 0 Å². The minimum Gasteiger partial charge on any atom is -0.559 e. The Morgan fingerprint density at radius 2 is 1.21 bits per heavy atom. The fourth-order valence-corrected chi connectivity index (χ4v) is 3.74. The zero-order chi connectivity index (χ0) is 27.4. The Morgan fingerprint density at radius 1 is 0.692 bits per heavy atom. The summed E-state index contributed by atoms with van der Waals surface area (Å²) in [5.41, 5.74) is 6.80. The molecule has 0 saturated carbocycles. The molecule has 2 heterocycles. The summed E-state index contributed by atoms with van der Waals surface area (Å²) < 4.78 is 10.6. The average molecular weight is 678 g/mol. The SMILES string of the molecule is CC(C)(C)c1c[c-]c(O)[c-]c1.CC(C)(C)c1ccc2c(c1)N=CC2.CC(C)(C)c1ccc2c(c1)OCO2.[Y].[Y]. The van der Waals surface area contributed by atoms with Crippen molar-refractivity contribution in [2.75, 3.05) is 6.79 Å². The van der Waals surface area contributed by atoms with E-state index in [1.54, 1.807) is 12.1 Å². The van der Waals surface area contributed by atoms with Crippen LogP contribution in [0.4, 0.5) is 5.69 Å². The van der Waals surface area contributed by atoms with E-state index in [0.29, 0.717) is 6.79 Å². The summed E-state index contributed by atoms with van der Waals surface area (Å²) in [6, 6.07) is 21.8. The Bertz CT molecular complexity index is 1230. The molecule has 39 heavy (non-hydrogen) atoms. The number of hydrogen-bond acceptors (Lipinski definition) is 4. The molecule has 0 unspecified atom stereocenters. The molecule has 2 aliphatic heterocycles. The monoisotopic (exact) mass is 677 g/mol. The normalized spacial score (nSPS) is 13.1. The summed E-state index contributed by atoms with van der Waals surface area (Å²) in [6.07, 6.45) is 2.98. The summed E-state index contributed by atoms with van der Waals surface area (Å²) >= 11 is 0. The summed E-state index contributed by atoms with van der Waals surface area (Å²) in [5, 5.41) is 8.91. The quantitative estimate of drug-likeness (QED) is 0.244. The first-order valence-electron chi connectivity index (χ1n) is 12.8. The molecule has 4 nitrogen and oxygen atoms in total. The van der Waals surface area contributed by atoms with E-state index in [1.807, 2.05) is 12.3 Å². The first-order valence-corrected chi connectivity index (χ1v) is 12.8. The van der Waals surface area contributed by atoms with E-state index in [9.17, 15) is 0 Å². The number of ether oxygens (including phenoxy) is 2. The maximum absolute atomic E-state index is 8.91. The molecule has 0 fully saturated rings. The smallest absolute Gasteiger partial charge is 0.231 e. The molecule has 0 aromatic heterocycles. The van der Waals surface area contributed by atoms with E-state index in [1.165, 1.54) is 16.7 Å². The molecule has 0 amide bonds. The van der Waals surface area contributed by atoms with Gasteiger partial charge >= 0.3 is 0 Å². The van der Waals surface area contributed by atoms with E-state index < -0.39 is 0 Å². The minimum absolute atomic E-state index is 0. The molecular formula is C33H41NO3Y2-2. The number of phenols is 1. The number of aliphatic imine (C=N–C) groups is 1. The molecule has 0 saturated heterocycles. The third-order valence-electron chi connectivity index (χ3n) is 6.33. The molecule has 0 spiro atoms. The Labute approximate surface area is 286 Å². The van der Waals surface area contributed by atoms with Crippen molar-refractivity contribution < 1.29 is 80.0 Å². The number of hydrogen-bond donors (Lipinski definition) is 1. The molecule has 5 rings (SSSR count). The topological polar surface area (TPSA) is 51.1 Å². The van der Waals surface area contributed by atoms with Crippen LogP contribution in [0.5, 0.6) is 17.2 Å². The van der Waals surface area contributed by atoms with Gasteiger partial charge in [0.05, 0.1) is 5.69 Å². The fourth-order valence-electron chi connectivity index (χ4n) is 3.74. The van der Waals surface area contributed by atoms with Crippen LogP contribution in [0, 0.1) is 12.1 Å². The van der Waals surface area contributed by atoms with Crippen molar-refractivity contribution in [3.63, 3.8) is 0 Å². The number of rotatable bonds is 0. The van der Waals surface area contributed by atoms with Crippen molar-refractivity contribution in [3.8, 4) is 17.2 Å². The van der Waals surface area contributed by atoms with Crippen LogP contribution in [0.25, 0.3) is 0 Å². The van der Waals surface area contributed by atoms with Crippen molar-refractivity contribution in [3.05, 3.63) is 82.9 Å². The summed E-state index contributed by atoms with van der Waals surface area (Å²) in [4.78, 5) is 4.35. The molecule has 204 valence electrons. The van der Waals surface area contributed by atoms with E-state index >= 15 is 0 Å². The number of aromatic hydroxyl groups is 1. The molecule has 6 heteroatoms. The van der Waals surface area contributed by atoms with E-state index in [4.69, 9.17) is 14.6 Å². The minimum atomic E-state index is 0. The van der Waals surface area contributed by atoms with Gasteiger partial charge in [-0.25, -0.2) is 0 Å². The number of phenolic OH excluding ortho intramolecular Hbond substituents is 1. The second-order valence-corrected chi connectivity index (χ2v) is 12.6. The predicted molar refractivity (Wildman–Crippen MR) is 153 cm³/mol. The zero-order valence-electron chi connectivity index (χ0n) is 25.0. The van der Waals surface area contributed by atoms with Crippen molar-refractivity contribution in [2.24, 2.45) is 4.99 Å². The van der Waals surface area contributed by atoms with Gasteiger partial charge in [0.2, 0.25) is 6.79 Å². The van der Waals surface area contributed by atoms with Gasteiger partial charge < -0.3 is 26.7 Å². The molecule has 3 aromatic rings. The van der Waals surface area contributed by atoms with Gasteiger partial charge in [-0.2, -0.15) is 0 Å². The molecule has 2 aliphatic rings. The molecule has 0 atom stereocenters. The number of nitrogens with zero attached hydrogens (tertiary/aromatic N) is 1. The second-order valence-electron chi connectivity index (χ2n) is 12.6. The van der Waals surface area contributed by atoms with Gasteiger partial charge in [-0.1, -0.05) is 80.5 Å². The van der Waals surface area contributed by atoms with Crippen molar-refractivity contribution in [2.45, 2.75) is 85.0 Å². The predicted octanol–water partition coefficient (Wildman–Crippen LogP) is 8.24. The van der Waals surface area contributed by atoms with Crippen LogP contribution in [0.1, 0.15) is 84.6 Å². The van der Waals surface area contributed by atoms with E-state index in [2.05, 4.69) is 110 Å². The van der Waals surface area contributed by atoms with Crippen LogP contribution in [0.15, 0.2) is 53.5 Å². The summed E-state index contributed by atoms with van der Waals surface area (Å²) in [5.74, 6) is 1.80. The Hall–Kier alpha value is -1.06. The molecule has 2 radical (unpaired) electrons. The standard InChI is InChI=1S/C12H15N.C11H14O2.C10H12O.2Y/c1-12(2,3)10-5-4-9-6-7-13-11(9)8-10;1-11(2,3)8-4-5-9-10(6-8)13-7-12-9;1-10(2,3)8-4-6-9(11)7-5-8;;/h4-5,7-8H,6H2,1-3H3;4-6H,7H2,1-3H3;4-5,11H,1-3H3;;/q;;-2;;. The fraction of sp³-hybridized carbons (Fsp3) is 0.424. The molecule has 1 N–H and O–H groups in total. The maximum Gasteiger partial charge on any atom is 0.231 e. The van der Waals surface area contributed by atoms with Gasteiger partial charge in [0.1, 0.15) is 0 Å². The largest absolute Gasteiger partial charge is 0.559 e. The first-order chi connectivity index (χ1) is 17.1. The molecule has 3 aromatic carbocycles. The van der Waals surface area contributed by atoms with Gasteiger partial charge in [-0.05, 0) is 45.7 Å². The number of benzene rings is 3. The van der Waals surface area contributed by atoms with Crippen LogP contribution in [0.3, 0.4) is 0 Å². The molecule has 0 aliphatic carbocycles. The second kappa shape index (κ2) is 14.7. The maximum atomic E-state index is 8.91. The van der Waals surface area contributed by atoms with Crippen LogP contribution >= 0.6 is 0 Å². The third-order valence-corrected chi connectivity index (χ3v) is 6.33. The van der Waals surface area contributed by atoms with Gasteiger partial charge in [0.25, 0.3) is 0 Å². The third kappa shape index (κ3) is 10.7.